The number of piperidine rings is 1. The van der Waals surface area contributed by atoms with Crippen molar-refractivity contribution in [3.8, 4) is 0 Å². The Kier molecular flexibility index (Phi) is 9.47. The third-order valence-corrected chi connectivity index (χ3v) is 9.58. The molecule has 0 amide bonds. The molecule has 0 unspecified atom stereocenters. The molecule has 2 aromatic carbocycles. The fourth-order valence-electron chi connectivity index (χ4n) is 7.01. The second-order valence-electron chi connectivity index (χ2n) is 12.8. The topological polar surface area (TPSA) is 68.8 Å². The third kappa shape index (κ3) is 7.24. The molecule has 0 aliphatic carbocycles. The van der Waals surface area contributed by atoms with Crippen LogP contribution in [-0.4, -0.2) is 74.1 Å². The van der Waals surface area contributed by atoms with Gasteiger partial charge in [-0.05, 0) is 73.1 Å². The third-order valence-electron chi connectivity index (χ3n) is 9.34. The molecule has 3 aliphatic heterocycles. The number of hydrogen-bond donors (Lipinski definition) is 2. The molecule has 234 valence electrons. The fraction of sp³-hybridized carbons (Fsp3) is 0.500. The van der Waals surface area contributed by atoms with Crippen LogP contribution in [0.3, 0.4) is 0 Å². The van der Waals surface area contributed by atoms with Crippen LogP contribution in [0.15, 0.2) is 60.7 Å². The van der Waals surface area contributed by atoms with E-state index in [0.29, 0.717) is 42.7 Å². The number of rotatable bonds is 7. The lowest BCUT2D eigenvalue weighted by atomic mass is 9.74. The Hall–Kier alpha value is -3.50. The van der Waals surface area contributed by atoms with Crippen molar-refractivity contribution in [2.75, 3.05) is 79.0 Å². The standard InChI is InChI=1S/C34H44FN7OS/c1-25-20-26(2)23-42(22-25)31-21-30(41-16-14-40(15-17-41)29-6-4-3-5-7-29)37-32(38-31)39-33(44)36-24-34(12-18-43-19-13-34)27-8-10-28(35)11-9-27/h3-11,21,25-26H,12-20,22-24H2,1-2H3,(H2,36,37,38,39,44)/t25-,26-/m0/s1. The number of halogens is 1. The average Bonchev–Trinajstić information content (AvgIpc) is 3.04. The number of nitrogens with zero attached hydrogens (tertiary/aromatic N) is 5. The molecule has 0 spiro atoms. The van der Waals surface area contributed by atoms with Crippen molar-refractivity contribution in [2.24, 2.45) is 11.8 Å². The Morgan fingerprint density at radius 1 is 0.886 bits per heavy atom. The van der Waals surface area contributed by atoms with E-state index in [1.54, 1.807) is 0 Å². The molecule has 3 saturated heterocycles. The molecule has 2 N–H and O–H groups in total. The molecule has 3 aromatic rings. The summed E-state index contributed by atoms with van der Waals surface area (Å²) in [5.74, 6) is 3.35. The van der Waals surface area contributed by atoms with Crippen LogP contribution in [0.1, 0.15) is 38.7 Å². The maximum atomic E-state index is 13.7. The summed E-state index contributed by atoms with van der Waals surface area (Å²) in [5, 5.41) is 7.25. The molecule has 1 aromatic heterocycles. The monoisotopic (exact) mass is 617 g/mol. The van der Waals surface area contributed by atoms with E-state index in [-0.39, 0.29) is 11.2 Å². The van der Waals surface area contributed by atoms with E-state index in [4.69, 9.17) is 26.9 Å². The van der Waals surface area contributed by atoms with Crippen molar-refractivity contribution in [3.63, 3.8) is 0 Å². The molecule has 4 heterocycles. The molecular formula is C34H44FN7OS. The van der Waals surface area contributed by atoms with Crippen molar-refractivity contribution >= 4 is 40.6 Å². The Balaban J connectivity index is 1.19. The molecule has 44 heavy (non-hydrogen) atoms. The van der Waals surface area contributed by atoms with Crippen LogP contribution in [0.5, 0.6) is 0 Å². The maximum absolute atomic E-state index is 13.7. The number of benzene rings is 2. The van der Waals surface area contributed by atoms with E-state index in [1.165, 1.54) is 24.2 Å². The van der Waals surface area contributed by atoms with Crippen molar-refractivity contribution in [2.45, 2.75) is 38.5 Å². The number of aromatic nitrogens is 2. The van der Waals surface area contributed by atoms with Gasteiger partial charge in [-0.25, -0.2) is 4.39 Å². The minimum atomic E-state index is -0.229. The fourth-order valence-corrected chi connectivity index (χ4v) is 7.18. The first kappa shape index (κ1) is 30.5. The molecule has 10 heteroatoms. The Labute approximate surface area is 266 Å². The van der Waals surface area contributed by atoms with Crippen molar-refractivity contribution in [1.82, 2.24) is 15.3 Å². The van der Waals surface area contributed by atoms with Gasteiger partial charge in [-0.2, -0.15) is 9.97 Å². The quantitative estimate of drug-likeness (QED) is 0.337. The van der Waals surface area contributed by atoms with Gasteiger partial charge in [-0.1, -0.05) is 44.2 Å². The summed E-state index contributed by atoms with van der Waals surface area (Å²) in [7, 11) is 0. The van der Waals surface area contributed by atoms with Gasteiger partial charge in [0.15, 0.2) is 5.11 Å². The summed E-state index contributed by atoms with van der Waals surface area (Å²) in [6.45, 7) is 12.2. The minimum absolute atomic E-state index is 0.190. The highest BCUT2D eigenvalue weighted by atomic mass is 32.1. The van der Waals surface area contributed by atoms with Gasteiger partial charge in [0, 0.05) is 76.2 Å². The Bertz CT molecular complexity index is 1380. The molecule has 0 bridgehead atoms. The number of nitrogens with one attached hydrogen (secondary N) is 2. The number of hydrogen-bond acceptors (Lipinski definition) is 7. The zero-order valence-electron chi connectivity index (χ0n) is 25.8. The van der Waals surface area contributed by atoms with E-state index in [2.05, 4.69) is 75.6 Å². The number of anilines is 4. The van der Waals surface area contributed by atoms with Gasteiger partial charge in [0.2, 0.25) is 5.95 Å². The molecular weight excluding hydrogens is 573 g/mol. The van der Waals surface area contributed by atoms with Crippen LogP contribution in [-0.2, 0) is 10.2 Å². The van der Waals surface area contributed by atoms with Gasteiger partial charge in [0.25, 0.3) is 0 Å². The lowest BCUT2D eigenvalue weighted by molar-refractivity contribution is 0.0515. The molecule has 8 nitrogen and oxygen atoms in total. The first-order chi connectivity index (χ1) is 21.4. The Morgan fingerprint density at radius 2 is 1.50 bits per heavy atom. The van der Waals surface area contributed by atoms with Gasteiger partial charge in [-0.15, -0.1) is 0 Å². The first-order valence-electron chi connectivity index (χ1n) is 15.9. The largest absolute Gasteiger partial charge is 0.381 e. The highest BCUT2D eigenvalue weighted by Gasteiger charge is 2.35. The van der Waals surface area contributed by atoms with Crippen LogP contribution in [0.25, 0.3) is 0 Å². The average molecular weight is 618 g/mol. The number of thiocarbonyl (C=S) groups is 1. The highest BCUT2D eigenvalue weighted by molar-refractivity contribution is 7.80. The van der Waals surface area contributed by atoms with Crippen molar-refractivity contribution in [1.29, 1.82) is 0 Å². The van der Waals surface area contributed by atoms with Crippen LogP contribution in [0.4, 0.5) is 27.7 Å². The predicted octanol–water partition coefficient (Wildman–Crippen LogP) is 5.46. The minimum Gasteiger partial charge on any atom is -0.381 e. The zero-order valence-corrected chi connectivity index (χ0v) is 26.7. The van der Waals surface area contributed by atoms with E-state index in [9.17, 15) is 4.39 Å². The first-order valence-corrected chi connectivity index (χ1v) is 16.4. The zero-order chi connectivity index (χ0) is 30.5. The number of ether oxygens (including phenoxy) is 1. The van der Waals surface area contributed by atoms with Gasteiger partial charge < -0.3 is 30.1 Å². The highest BCUT2D eigenvalue weighted by Crippen LogP contribution is 2.35. The van der Waals surface area contributed by atoms with E-state index in [0.717, 1.165) is 69.3 Å². The molecule has 2 atom stereocenters. The van der Waals surface area contributed by atoms with E-state index >= 15 is 0 Å². The summed E-state index contributed by atoms with van der Waals surface area (Å²) < 4.78 is 19.4. The second kappa shape index (κ2) is 13.6. The predicted molar refractivity (Wildman–Crippen MR) is 180 cm³/mol. The van der Waals surface area contributed by atoms with E-state index in [1.807, 2.05) is 12.1 Å². The second-order valence-corrected chi connectivity index (χ2v) is 13.2. The van der Waals surface area contributed by atoms with Gasteiger partial charge >= 0.3 is 0 Å². The van der Waals surface area contributed by atoms with Crippen LogP contribution < -0.4 is 25.3 Å². The SMILES string of the molecule is C[C@H]1C[C@H](C)CN(c2cc(N3CCN(c4ccccc4)CC3)nc(NC(=S)NCC3(c4ccc(F)cc4)CCOCC3)n2)C1. The van der Waals surface area contributed by atoms with Gasteiger partial charge in [0.1, 0.15) is 17.5 Å². The van der Waals surface area contributed by atoms with Crippen LogP contribution >= 0.6 is 12.2 Å². The molecule has 0 saturated carbocycles. The summed E-state index contributed by atoms with van der Waals surface area (Å²) in [6.07, 6.45) is 2.91. The number of para-hydroxylation sites is 1. The smallest absolute Gasteiger partial charge is 0.232 e. The van der Waals surface area contributed by atoms with Crippen molar-refractivity contribution in [3.05, 3.63) is 72.0 Å². The Morgan fingerprint density at radius 3 is 2.16 bits per heavy atom. The van der Waals surface area contributed by atoms with Crippen LogP contribution in [0, 0.1) is 17.7 Å². The molecule has 0 radical (unpaired) electrons. The maximum Gasteiger partial charge on any atom is 0.232 e. The lowest BCUT2D eigenvalue weighted by Gasteiger charge is -2.39. The van der Waals surface area contributed by atoms with Gasteiger partial charge in [0.05, 0.1) is 0 Å². The van der Waals surface area contributed by atoms with E-state index < -0.39 is 0 Å². The number of piperazine rings is 1. The molecule has 3 fully saturated rings. The van der Waals surface area contributed by atoms with Gasteiger partial charge in [-0.3, -0.25) is 0 Å². The van der Waals surface area contributed by atoms with Crippen molar-refractivity contribution < 1.29 is 9.13 Å². The molecule has 3 aliphatic rings. The summed E-state index contributed by atoms with van der Waals surface area (Å²) in [5.41, 5.74) is 2.17. The summed E-state index contributed by atoms with van der Waals surface area (Å²) >= 11 is 5.80. The summed E-state index contributed by atoms with van der Waals surface area (Å²) in [4.78, 5) is 17.1. The lowest BCUT2D eigenvalue weighted by Crippen LogP contribution is -2.47. The molecule has 6 rings (SSSR count). The normalized spacial score (nSPS) is 22.0. The summed E-state index contributed by atoms with van der Waals surface area (Å²) in [6, 6.07) is 19.6. The van der Waals surface area contributed by atoms with Crippen LogP contribution in [0.2, 0.25) is 0 Å².